The maximum atomic E-state index is 12.9. The lowest BCUT2D eigenvalue weighted by atomic mass is 10.1. The number of hydrogen-bond donors (Lipinski definition) is 3. The molecular weight excluding hydrogens is 459 g/mol. The minimum Gasteiger partial charge on any atom is -0.493 e. The number of benzene rings is 3. The molecule has 6 nitrogen and oxygen atoms in total. The Morgan fingerprint density at radius 1 is 0.857 bits per heavy atom. The Labute approximate surface area is 201 Å². The van der Waals surface area contributed by atoms with Crippen LogP contribution in [0.15, 0.2) is 72.8 Å². The van der Waals surface area contributed by atoms with Crippen molar-refractivity contribution in [3.63, 3.8) is 0 Å². The van der Waals surface area contributed by atoms with E-state index in [0.717, 1.165) is 23.6 Å². The van der Waals surface area contributed by atoms with E-state index in [2.05, 4.69) is 29.8 Å². The number of hydrogen-bond acceptors (Lipinski definition) is 4. The summed E-state index contributed by atoms with van der Waals surface area (Å²) < 4.78 is 44.3. The topological polar surface area (TPSA) is 79.5 Å². The first-order valence-corrected chi connectivity index (χ1v) is 11.0. The summed E-state index contributed by atoms with van der Waals surface area (Å²) in [4.78, 5) is 24.8. The van der Waals surface area contributed by atoms with E-state index in [1.54, 1.807) is 12.1 Å². The second-order valence-corrected chi connectivity index (χ2v) is 8.24. The predicted octanol–water partition coefficient (Wildman–Crippen LogP) is 6.04. The van der Waals surface area contributed by atoms with E-state index in [4.69, 9.17) is 4.74 Å². The standard InChI is InChI=1S/C26H26F3N3O3/c1-17(2)16-35-23-11-9-20(10-12-23)30-15-24(33)31-21-7-3-5-18(13-21)25(34)32-22-8-4-6-19(14-22)26(27,28)29/h3-14,17,30H,15-16H2,1-2H3,(H,31,33)(H,32,34). The molecule has 184 valence electrons. The number of alkyl halides is 3. The summed E-state index contributed by atoms with van der Waals surface area (Å²) in [5.74, 6) is 0.231. The Hall–Kier alpha value is -4.01. The molecule has 0 spiro atoms. The van der Waals surface area contributed by atoms with Crippen LogP contribution in [0, 0.1) is 5.92 Å². The van der Waals surface area contributed by atoms with Gasteiger partial charge in [-0.2, -0.15) is 13.2 Å². The van der Waals surface area contributed by atoms with Crippen LogP contribution >= 0.6 is 0 Å². The molecule has 3 aromatic rings. The monoisotopic (exact) mass is 485 g/mol. The number of carbonyl (C=O) groups is 2. The minimum absolute atomic E-state index is 0.00709. The largest absolute Gasteiger partial charge is 0.493 e. The van der Waals surface area contributed by atoms with Crippen LogP contribution in [0.3, 0.4) is 0 Å². The molecule has 3 rings (SSSR count). The van der Waals surface area contributed by atoms with Gasteiger partial charge in [0.25, 0.3) is 5.91 Å². The third kappa shape index (κ3) is 8.06. The molecule has 0 fully saturated rings. The molecule has 0 heterocycles. The Morgan fingerprint density at radius 3 is 2.17 bits per heavy atom. The number of nitrogens with one attached hydrogen (secondary N) is 3. The van der Waals surface area contributed by atoms with Crippen LogP contribution < -0.4 is 20.7 Å². The quantitative estimate of drug-likeness (QED) is 0.345. The molecular formula is C26H26F3N3O3. The number of anilines is 3. The second kappa shape index (κ2) is 11.4. The van der Waals surface area contributed by atoms with E-state index in [-0.39, 0.29) is 23.7 Å². The van der Waals surface area contributed by atoms with Gasteiger partial charge in [0.05, 0.1) is 18.7 Å². The van der Waals surface area contributed by atoms with Crippen LogP contribution in [0.4, 0.5) is 30.2 Å². The molecule has 0 aliphatic heterocycles. The van der Waals surface area contributed by atoms with Gasteiger partial charge in [-0.05, 0) is 66.6 Å². The van der Waals surface area contributed by atoms with Crippen LogP contribution in [-0.4, -0.2) is 25.0 Å². The van der Waals surface area contributed by atoms with Gasteiger partial charge in [-0.25, -0.2) is 0 Å². The second-order valence-electron chi connectivity index (χ2n) is 8.24. The molecule has 0 radical (unpaired) electrons. The number of ether oxygens (including phenoxy) is 1. The van der Waals surface area contributed by atoms with Gasteiger partial charge in [-0.15, -0.1) is 0 Å². The molecule has 0 aromatic heterocycles. The SMILES string of the molecule is CC(C)COc1ccc(NCC(=O)Nc2cccc(C(=O)Nc3cccc(C(F)(F)F)c3)c2)cc1. The summed E-state index contributed by atoms with van der Waals surface area (Å²) in [5.41, 5.74) is 0.466. The predicted molar refractivity (Wildman–Crippen MR) is 130 cm³/mol. The molecule has 0 saturated heterocycles. The Kier molecular flexibility index (Phi) is 8.35. The maximum Gasteiger partial charge on any atom is 0.416 e. The molecule has 35 heavy (non-hydrogen) atoms. The zero-order valence-corrected chi connectivity index (χ0v) is 19.3. The molecule has 0 aliphatic carbocycles. The highest BCUT2D eigenvalue weighted by Gasteiger charge is 2.30. The number of carbonyl (C=O) groups excluding carboxylic acids is 2. The van der Waals surface area contributed by atoms with Gasteiger partial charge in [0.15, 0.2) is 0 Å². The molecule has 3 aromatic carbocycles. The van der Waals surface area contributed by atoms with Gasteiger partial charge in [0, 0.05) is 22.6 Å². The minimum atomic E-state index is -4.51. The van der Waals surface area contributed by atoms with Crippen molar-refractivity contribution in [2.24, 2.45) is 5.92 Å². The Balaban J connectivity index is 1.54. The van der Waals surface area contributed by atoms with Gasteiger partial charge < -0.3 is 20.7 Å². The van der Waals surface area contributed by atoms with Crippen molar-refractivity contribution in [3.8, 4) is 5.75 Å². The van der Waals surface area contributed by atoms with E-state index in [9.17, 15) is 22.8 Å². The lowest BCUT2D eigenvalue weighted by Gasteiger charge is -2.12. The van der Waals surface area contributed by atoms with Gasteiger partial charge >= 0.3 is 6.18 Å². The van der Waals surface area contributed by atoms with Crippen molar-refractivity contribution in [3.05, 3.63) is 83.9 Å². The fourth-order valence-corrected chi connectivity index (χ4v) is 3.03. The average Bonchev–Trinajstić information content (AvgIpc) is 2.82. The number of amides is 2. The van der Waals surface area contributed by atoms with Crippen molar-refractivity contribution in [2.75, 3.05) is 29.1 Å². The zero-order valence-electron chi connectivity index (χ0n) is 19.3. The lowest BCUT2D eigenvalue weighted by molar-refractivity contribution is -0.137. The highest BCUT2D eigenvalue weighted by atomic mass is 19.4. The van der Waals surface area contributed by atoms with Gasteiger partial charge in [0.1, 0.15) is 5.75 Å². The molecule has 0 bridgehead atoms. The molecule has 3 N–H and O–H groups in total. The van der Waals surface area contributed by atoms with Crippen molar-refractivity contribution >= 4 is 28.9 Å². The number of rotatable bonds is 9. The highest BCUT2D eigenvalue weighted by molar-refractivity contribution is 6.05. The first-order chi connectivity index (χ1) is 16.6. The normalized spacial score (nSPS) is 11.1. The summed E-state index contributed by atoms with van der Waals surface area (Å²) >= 11 is 0. The van der Waals surface area contributed by atoms with Crippen molar-refractivity contribution < 1.29 is 27.5 Å². The maximum absolute atomic E-state index is 12.9. The Morgan fingerprint density at radius 2 is 1.51 bits per heavy atom. The van der Waals surface area contributed by atoms with Crippen LogP contribution in [-0.2, 0) is 11.0 Å². The number of halogens is 3. The van der Waals surface area contributed by atoms with Crippen LogP contribution in [0.5, 0.6) is 5.75 Å². The molecule has 2 amide bonds. The van der Waals surface area contributed by atoms with Crippen molar-refractivity contribution in [1.29, 1.82) is 0 Å². The zero-order chi connectivity index (χ0) is 25.4. The van der Waals surface area contributed by atoms with E-state index in [1.165, 1.54) is 24.3 Å². The van der Waals surface area contributed by atoms with E-state index in [0.29, 0.717) is 18.2 Å². The van der Waals surface area contributed by atoms with Crippen LogP contribution in [0.2, 0.25) is 0 Å². The molecule has 0 saturated carbocycles. The fourth-order valence-electron chi connectivity index (χ4n) is 3.03. The first kappa shape index (κ1) is 25.6. The van der Waals surface area contributed by atoms with Crippen LogP contribution in [0.1, 0.15) is 29.8 Å². The summed E-state index contributed by atoms with van der Waals surface area (Å²) in [7, 11) is 0. The molecule has 0 unspecified atom stereocenters. The van der Waals surface area contributed by atoms with Gasteiger partial charge in [-0.3, -0.25) is 9.59 Å². The lowest BCUT2D eigenvalue weighted by Crippen LogP contribution is -2.22. The van der Waals surface area contributed by atoms with E-state index < -0.39 is 17.6 Å². The molecule has 0 aliphatic rings. The van der Waals surface area contributed by atoms with Crippen molar-refractivity contribution in [2.45, 2.75) is 20.0 Å². The smallest absolute Gasteiger partial charge is 0.416 e. The van der Waals surface area contributed by atoms with E-state index >= 15 is 0 Å². The third-order valence-electron chi connectivity index (χ3n) is 4.75. The molecule has 0 atom stereocenters. The average molecular weight is 486 g/mol. The summed E-state index contributed by atoms with van der Waals surface area (Å²) in [6, 6.07) is 17.7. The fraction of sp³-hybridized carbons (Fsp3) is 0.231. The van der Waals surface area contributed by atoms with E-state index in [1.807, 2.05) is 24.3 Å². The summed E-state index contributed by atoms with van der Waals surface area (Å²) in [6.07, 6.45) is -4.51. The van der Waals surface area contributed by atoms with Gasteiger partial charge in [-0.1, -0.05) is 26.0 Å². The van der Waals surface area contributed by atoms with Gasteiger partial charge in [0.2, 0.25) is 5.91 Å². The summed E-state index contributed by atoms with van der Waals surface area (Å²) in [6.45, 7) is 4.74. The third-order valence-corrected chi connectivity index (χ3v) is 4.75. The highest BCUT2D eigenvalue weighted by Crippen LogP contribution is 2.30. The van der Waals surface area contributed by atoms with Crippen LogP contribution in [0.25, 0.3) is 0 Å². The first-order valence-electron chi connectivity index (χ1n) is 11.0. The molecule has 9 heteroatoms. The summed E-state index contributed by atoms with van der Waals surface area (Å²) in [5, 5.41) is 8.14. The van der Waals surface area contributed by atoms with Crippen molar-refractivity contribution in [1.82, 2.24) is 0 Å². The Bertz CT molecular complexity index is 1160.